The Kier molecular flexibility index (Phi) is 8.31. The predicted molar refractivity (Wildman–Crippen MR) is 111 cm³/mol. The van der Waals surface area contributed by atoms with E-state index < -0.39 is 0 Å². The van der Waals surface area contributed by atoms with Gasteiger partial charge in [-0.2, -0.15) is 5.10 Å². The third kappa shape index (κ3) is 5.81. The van der Waals surface area contributed by atoms with Gasteiger partial charge in [-0.3, -0.25) is 9.89 Å². The Morgan fingerprint density at radius 2 is 2.00 bits per heavy atom. The lowest BCUT2D eigenvalue weighted by atomic mass is 10.1. The molecule has 0 fully saturated rings. The largest absolute Gasteiger partial charge is 0.492 e. The smallest absolute Gasteiger partial charge is 0.273 e. The van der Waals surface area contributed by atoms with Gasteiger partial charge in [0.05, 0.1) is 10.2 Å². The van der Waals surface area contributed by atoms with E-state index in [1.807, 2.05) is 38.1 Å². The van der Waals surface area contributed by atoms with Gasteiger partial charge >= 0.3 is 0 Å². The molecular formula is C20H29BrN4O2. The Morgan fingerprint density at radius 3 is 2.63 bits per heavy atom. The van der Waals surface area contributed by atoms with E-state index in [4.69, 9.17) is 4.74 Å². The quantitative estimate of drug-likeness (QED) is 0.591. The molecule has 2 aromatic rings. The van der Waals surface area contributed by atoms with E-state index >= 15 is 0 Å². The first-order valence-corrected chi connectivity index (χ1v) is 10.2. The van der Waals surface area contributed by atoms with Gasteiger partial charge in [0.15, 0.2) is 5.69 Å². The van der Waals surface area contributed by atoms with E-state index in [2.05, 4.69) is 50.2 Å². The summed E-state index contributed by atoms with van der Waals surface area (Å²) in [6, 6.07) is 7.79. The summed E-state index contributed by atoms with van der Waals surface area (Å²) in [6.07, 6.45) is 0. The molecule has 0 aliphatic rings. The van der Waals surface area contributed by atoms with Crippen LogP contribution in [0.15, 0.2) is 28.7 Å². The fourth-order valence-electron chi connectivity index (χ4n) is 2.75. The van der Waals surface area contributed by atoms with E-state index in [1.165, 1.54) is 0 Å². The van der Waals surface area contributed by atoms with Crippen molar-refractivity contribution < 1.29 is 9.53 Å². The number of carbonyl (C=O) groups excluding carboxylic acids is 1. The number of nitrogens with zero attached hydrogens (tertiary/aromatic N) is 2. The van der Waals surface area contributed by atoms with Crippen molar-refractivity contribution >= 4 is 21.8 Å². The molecule has 148 valence electrons. The number of likely N-dealkylation sites (N-methyl/N-ethyl adjacent to an activating group) is 1. The van der Waals surface area contributed by atoms with Gasteiger partial charge in [-0.15, -0.1) is 0 Å². The zero-order chi connectivity index (χ0) is 19.8. The van der Waals surface area contributed by atoms with E-state index in [0.717, 1.165) is 41.1 Å². The lowest BCUT2D eigenvalue weighted by Crippen LogP contribution is -2.28. The van der Waals surface area contributed by atoms with Crippen molar-refractivity contribution in [1.82, 2.24) is 20.4 Å². The topological polar surface area (TPSA) is 70.2 Å². The van der Waals surface area contributed by atoms with Crippen LogP contribution < -0.4 is 10.1 Å². The summed E-state index contributed by atoms with van der Waals surface area (Å²) in [5, 5.41) is 9.99. The van der Waals surface area contributed by atoms with Crippen molar-refractivity contribution in [2.75, 3.05) is 26.2 Å². The fraction of sp³-hybridized carbons (Fsp3) is 0.500. The van der Waals surface area contributed by atoms with Crippen molar-refractivity contribution in [2.24, 2.45) is 0 Å². The van der Waals surface area contributed by atoms with Gasteiger partial charge in [-0.1, -0.05) is 45.9 Å². The van der Waals surface area contributed by atoms with E-state index in [1.54, 1.807) is 0 Å². The van der Waals surface area contributed by atoms with Gasteiger partial charge in [0, 0.05) is 18.7 Å². The second-order valence-electron chi connectivity index (χ2n) is 6.62. The summed E-state index contributed by atoms with van der Waals surface area (Å²) < 4.78 is 6.67. The first kappa shape index (κ1) is 21.4. The Hall–Kier alpha value is -1.86. The van der Waals surface area contributed by atoms with E-state index in [-0.39, 0.29) is 11.8 Å². The van der Waals surface area contributed by atoms with Crippen LogP contribution in [0.4, 0.5) is 0 Å². The number of ether oxygens (including phenoxy) is 1. The van der Waals surface area contributed by atoms with Crippen LogP contribution in [-0.4, -0.2) is 47.2 Å². The minimum absolute atomic E-state index is 0.219. The van der Waals surface area contributed by atoms with Crippen molar-refractivity contribution in [2.45, 2.75) is 40.2 Å². The van der Waals surface area contributed by atoms with Gasteiger partial charge in [0.1, 0.15) is 12.4 Å². The van der Waals surface area contributed by atoms with E-state index in [9.17, 15) is 4.79 Å². The van der Waals surface area contributed by atoms with Crippen LogP contribution in [0.2, 0.25) is 0 Å². The average Bonchev–Trinajstić information content (AvgIpc) is 3.06. The number of rotatable bonds is 10. The first-order valence-electron chi connectivity index (χ1n) is 9.42. The van der Waals surface area contributed by atoms with Gasteiger partial charge in [-0.25, -0.2) is 0 Å². The molecule has 0 saturated heterocycles. The van der Waals surface area contributed by atoms with Crippen LogP contribution in [0.25, 0.3) is 0 Å². The molecule has 0 saturated carbocycles. The van der Waals surface area contributed by atoms with E-state index in [0.29, 0.717) is 18.8 Å². The minimum atomic E-state index is -0.219. The third-order valence-electron chi connectivity index (χ3n) is 4.50. The average molecular weight is 437 g/mol. The van der Waals surface area contributed by atoms with Crippen LogP contribution in [0, 0.1) is 0 Å². The Balaban J connectivity index is 1.97. The maximum absolute atomic E-state index is 12.5. The van der Waals surface area contributed by atoms with Gasteiger partial charge in [0.2, 0.25) is 0 Å². The number of H-pyrrole nitrogens is 1. The second kappa shape index (κ2) is 10.5. The molecular weight excluding hydrogens is 408 g/mol. The number of aromatic nitrogens is 2. The fourth-order valence-corrected chi connectivity index (χ4v) is 3.56. The monoisotopic (exact) mass is 436 g/mol. The predicted octanol–water partition coefficient (Wildman–Crippen LogP) is 3.95. The molecule has 1 aromatic heterocycles. The summed E-state index contributed by atoms with van der Waals surface area (Å²) in [5.74, 6) is 0.838. The highest BCUT2D eigenvalue weighted by molar-refractivity contribution is 9.10. The molecule has 0 aliphatic heterocycles. The minimum Gasteiger partial charge on any atom is -0.492 e. The van der Waals surface area contributed by atoms with Crippen LogP contribution in [0.5, 0.6) is 5.75 Å². The van der Waals surface area contributed by atoms with Crippen molar-refractivity contribution in [3.8, 4) is 5.75 Å². The lowest BCUT2D eigenvalue weighted by molar-refractivity contribution is 0.0944. The summed E-state index contributed by atoms with van der Waals surface area (Å²) in [5.41, 5.74) is 2.24. The zero-order valence-electron chi connectivity index (χ0n) is 16.5. The molecule has 0 spiro atoms. The molecule has 1 aromatic carbocycles. The van der Waals surface area contributed by atoms with Crippen molar-refractivity contribution in [3.05, 3.63) is 45.7 Å². The number of amides is 1. The molecule has 0 atom stereocenters. The van der Waals surface area contributed by atoms with Crippen LogP contribution in [0.3, 0.4) is 0 Å². The van der Waals surface area contributed by atoms with Gasteiger partial charge < -0.3 is 15.0 Å². The summed E-state index contributed by atoms with van der Waals surface area (Å²) >= 11 is 3.47. The third-order valence-corrected chi connectivity index (χ3v) is 5.30. The zero-order valence-corrected chi connectivity index (χ0v) is 18.1. The van der Waals surface area contributed by atoms with Crippen molar-refractivity contribution in [1.29, 1.82) is 0 Å². The summed E-state index contributed by atoms with van der Waals surface area (Å²) in [7, 11) is 0. The highest BCUT2D eigenvalue weighted by Gasteiger charge is 2.19. The molecule has 0 radical (unpaired) electrons. The Labute approximate surface area is 169 Å². The van der Waals surface area contributed by atoms with Crippen molar-refractivity contribution in [3.63, 3.8) is 0 Å². The molecule has 1 amide bonds. The number of hydrogen-bond donors (Lipinski definition) is 2. The molecule has 7 heteroatoms. The number of hydrogen-bond acceptors (Lipinski definition) is 4. The van der Waals surface area contributed by atoms with Gasteiger partial charge in [-0.05, 0) is 41.0 Å². The van der Waals surface area contributed by atoms with Crippen LogP contribution in [-0.2, 0) is 6.54 Å². The molecule has 2 rings (SSSR count). The lowest BCUT2D eigenvalue weighted by Gasteiger charge is -2.19. The molecule has 2 N–H and O–H groups in total. The standard InChI is InChI=1S/C20H29BrN4O2/c1-5-25(6-2)11-12-27-16-10-8-7-9-15(16)13-22-20(26)19-17(21)18(14(3)4)23-24-19/h7-10,14H,5-6,11-13H2,1-4H3,(H,22,26)(H,23,24). The highest BCUT2D eigenvalue weighted by atomic mass is 79.9. The number of aromatic amines is 1. The molecule has 0 bridgehead atoms. The number of para-hydroxylation sites is 1. The maximum Gasteiger partial charge on any atom is 0.273 e. The molecule has 0 aliphatic carbocycles. The number of nitrogens with one attached hydrogen (secondary N) is 2. The van der Waals surface area contributed by atoms with Gasteiger partial charge in [0.25, 0.3) is 5.91 Å². The number of benzene rings is 1. The Morgan fingerprint density at radius 1 is 1.30 bits per heavy atom. The highest BCUT2D eigenvalue weighted by Crippen LogP contribution is 2.25. The number of carbonyl (C=O) groups is 1. The maximum atomic E-state index is 12.5. The summed E-state index contributed by atoms with van der Waals surface area (Å²) in [4.78, 5) is 14.8. The molecule has 1 heterocycles. The summed E-state index contributed by atoms with van der Waals surface area (Å²) in [6.45, 7) is 12.3. The van der Waals surface area contributed by atoms with Crippen LogP contribution in [0.1, 0.15) is 55.4 Å². The SMILES string of the molecule is CCN(CC)CCOc1ccccc1CNC(=O)c1n[nH]c(C(C)C)c1Br. The molecule has 27 heavy (non-hydrogen) atoms. The first-order chi connectivity index (χ1) is 13.0. The second-order valence-corrected chi connectivity index (χ2v) is 7.41. The Bertz CT molecular complexity index is 741. The molecule has 0 unspecified atom stereocenters. The normalized spacial score (nSPS) is 11.2. The number of halogens is 1. The van der Waals surface area contributed by atoms with Crippen LogP contribution >= 0.6 is 15.9 Å². The molecule has 6 nitrogen and oxygen atoms in total.